The molecule has 218 valence electrons. The molecule has 11 nitrogen and oxygen atoms in total. The number of hydrogen-bond acceptors (Lipinski definition) is 8. The molecule has 3 aromatic rings. The van der Waals surface area contributed by atoms with Crippen LogP contribution < -0.4 is 11.1 Å². The molecule has 0 aliphatic rings. The minimum atomic E-state index is -2.21. The number of hydrogen-bond donors (Lipinski definition) is 3. The Balaban J connectivity index is 1.80. The summed E-state index contributed by atoms with van der Waals surface area (Å²) >= 11 is 0. The van der Waals surface area contributed by atoms with Crippen LogP contribution >= 0.6 is 0 Å². The van der Waals surface area contributed by atoms with Crippen molar-refractivity contribution in [2.45, 2.75) is 44.2 Å². The van der Waals surface area contributed by atoms with Gasteiger partial charge in [0.2, 0.25) is 5.91 Å². The van der Waals surface area contributed by atoms with Gasteiger partial charge in [-0.3, -0.25) is 14.4 Å². The summed E-state index contributed by atoms with van der Waals surface area (Å²) in [4.78, 5) is 60.2. The molecule has 0 spiro atoms. The number of aromatic nitrogens is 2. The Morgan fingerprint density at radius 2 is 1.68 bits per heavy atom. The molecule has 4 N–H and O–H groups in total. The number of nitrogens with one attached hydrogen (secondary N) is 2. The summed E-state index contributed by atoms with van der Waals surface area (Å²) in [5.74, 6) is -2.91. The third kappa shape index (κ3) is 8.74. The van der Waals surface area contributed by atoms with Crippen molar-refractivity contribution < 1.29 is 28.7 Å². The fourth-order valence-corrected chi connectivity index (χ4v) is 4.17. The van der Waals surface area contributed by atoms with Gasteiger partial charge < -0.3 is 30.4 Å². The van der Waals surface area contributed by atoms with E-state index in [0.29, 0.717) is 11.3 Å². The lowest BCUT2D eigenvalue weighted by molar-refractivity contribution is -0.160. The summed E-state index contributed by atoms with van der Waals surface area (Å²) in [5.41, 5.74) is 6.07. The number of H-pyrrole nitrogens is 1. The lowest BCUT2D eigenvalue weighted by Crippen LogP contribution is -2.63. The first kappa shape index (κ1) is 31.0. The van der Waals surface area contributed by atoms with Crippen molar-refractivity contribution >= 4 is 23.8 Å². The largest absolute Gasteiger partial charge is 0.469 e. The minimum absolute atomic E-state index is 0.105. The summed E-state index contributed by atoms with van der Waals surface area (Å²) in [6.45, 7) is 3.52. The molecule has 0 aliphatic heterocycles. The van der Waals surface area contributed by atoms with Crippen LogP contribution in [0, 0.1) is 0 Å². The zero-order chi connectivity index (χ0) is 29.9. The molecule has 0 aliphatic carbocycles. The van der Waals surface area contributed by atoms with E-state index in [-0.39, 0.29) is 32.5 Å². The zero-order valence-corrected chi connectivity index (χ0v) is 23.6. The Hall–Kier alpha value is -4.51. The van der Waals surface area contributed by atoms with Crippen LogP contribution in [0.15, 0.2) is 73.2 Å². The van der Waals surface area contributed by atoms with Crippen LogP contribution in [0.3, 0.4) is 0 Å². The first-order valence-corrected chi connectivity index (χ1v) is 13.2. The Morgan fingerprint density at radius 3 is 2.29 bits per heavy atom. The lowest BCUT2D eigenvalue weighted by Gasteiger charge is -2.32. The predicted molar refractivity (Wildman–Crippen MR) is 151 cm³/mol. The molecule has 0 saturated heterocycles. The fourth-order valence-electron chi connectivity index (χ4n) is 4.17. The highest BCUT2D eigenvalue weighted by molar-refractivity contribution is 6.08. The second-order valence-electron chi connectivity index (χ2n) is 10.4. The van der Waals surface area contributed by atoms with Crippen LogP contribution in [0.1, 0.15) is 37.1 Å². The molecule has 1 atom stereocenters. The van der Waals surface area contributed by atoms with Crippen LogP contribution in [-0.4, -0.2) is 70.9 Å². The van der Waals surface area contributed by atoms with Crippen molar-refractivity contribution in [3.8, 4) is 0 Å². The van der Waals surface area contributed by atoms with Gasteiger partial charge in [-0.2, -0.15) is 0 Å². The van der Waals surface area contributed by atoms with Gasteiger partial charge in [-0.15, -0.1) is 0 Å². The van der Waals surface area contributed by atoms with Crippen LogP contribution in [0.2, 0.25) is 0 Å². The summed E-state index contributed by atoms with van der Waals surface area (Å²) < 4.78 is 10.2. The van der Waals surface area contributed by atoms with E-state index in [1.54, 1.807) is 24.3 Å². The molecule has 0 radical (unpaired) electrons. The maximum atomic E-state index is 13.9. The number of carbonyl (C=O) groups is 4. The van der Waals surface area contributed by atoms with Gasteiger partial charge in [0.15, 0.2) is 5.54 Å². The number of aromatic amines is 1. The third-order valence-electron chi connectivity index (χ3n) is 6.70. The predicted octanol–water partition coefficient (Wildman–Crippen LogP) is 1.88. The average Bonchev–Trinajstić information content (AvgIpc) is 3.50. The fraction of sp³-hybridized carbons (Fsp3) is 0.367. The number of carbonyl (C=O) groups excluding carboxylic acids is 4. The first-order valence-electron chi connectivity index (χ1n) is 13.2. The standard InChI is InChI=1S/C30H37N5O6/c1-29(2,23-12-8-5-9-13-23)20-33-25(36)18-35(15-14-26(37)40-3)27(38)30(31,16-24-17-32-21-34-24)28(39)41-19-22-10-6-4-7-11-22/h4-13,17,21H,14-16,18-20,31H2,1-3H3,(H,32,34)(H,33,36)/t30-/m0/s1. The molecule has 1 heterocycles. The molecule has 41 heavy (non-hydrogen) atoms. The van der Waals surface area contributed by atoms with Crippen LogP contribution in [0.4, 0.5) is 0 Å². The van der Waals surface area contributed by atoms with Crippen LogP contribution in [0.25, 0.3) is 0 Å². The van der Waals surface area contributed by atoms with E-state index in [9.17, 15) is 19.2 Å². The number of imidazole rings is 1. The number of nitrogens with zero attached hydrogens (tertiary/aromatic N) is 2. The average molecular weight is 564 g/mol. The third-order valence-corrected chi connectivity index (χ3v) is 6.70. The summed E-state index contributed by atoms with van der Waals surface area (Å²) in [5, 5.41) is 2.86. The van der Waals surface area contributed by atoms with E-state index < -0.39 is 41.3 Å². The molecular weight excluding hydrogens is 526 g/mol. The van der Waals surface area contributed by atoms with E-state index in [2.05, 4.69) is 15.3 Å². The van der Waals surface area contributed by atoms with Crippen molar-refractivity contribution in [2.75, 3.05) is 26.7 Å². The number of amides is 2. The zero-order valence-electron chi connectivity index (χ0n) is 23.6. The van der Waals surface area contributed by atoms with Crippen molar-refractivity contribution in [1.82, 2.24) is 20.2 Å². The number of esters is 2. The summed E-state index contributed by atoms with van der Waals surface area (Å²) in [6, 6.07) is 18.6. The molecule has 0 unspecified atom stereocenters. The van der Waals surface area contributed by atoms with Crippen molar-refractivity contribution in [3.05, 3.63) is 90.0 Å². The Kier molecular flexibility index (Phi) is 10.8. The van der Waals surface area contributed by atoms with Crippen LogP contribution in [-0.2, 0) is 47.1 Å². The lowest BCUT2D eigenvalue weighted by atomic mass is 9.84. The molecular formula is C30H37N5O6. The van der Waals surface area contributed by atoms with Crippen molar-refractivity contribution in [2.24, 2.45) is 5.73 Å². The summed E-state index contributed by atoms with van der Waals surface area (Å²) in [7, 11) is 1.22. The number of methoxy groups -OCH3 is 1. The van der Waals surface area contributed by atoms with Gasteiger partial charge in [0.25, 0.3) is 5.91 Å². The van der Waals surface area contributed by atoms with Gasteiger partial charge in [-0.05, 0) is 11.1 Å². The number of rotatable bonds is 14. The number of nitrogens with two attached hydrogens (primary N) is 1. The quantitative estimate of drug-likeness (QED) is 0.198. The normalized spacial score (nSPS) is 12.6. The topological polar surface area (TPSA) is 157 Å². The van der Waals surface area contributed by atoms with E-state index in [4.69, 9.17) is 15.2 Å². The van der Waals surface area contributed by atoms with Gasteiger partial charge in [-0.25, -0.2) is 9.78 Å². The smallest absolute Gasteiger partial charge is 0.336 e. The van der Waals surface area contributed by atoms with Crippen molar-refractivity contribution in [3.63, 3.8) is 0 Å². The molecule has 3 rings (SSSR count). The van der Waals surface area contributed by atoms with Gasteiger partial charge in [0.05, 0.1) is 26.4 Å². The number of benzene rings is 2. The van der Waals surface area contributed by atoms with Gasteiger partial charge in [0.1, 0.15) is 6.61 Å². The molecule has 0 saturated carbocycles. The Labute approximate surface area is 239 Å². The molecule has 2 amide bonds. The van der Waals surface area contributed by atoms with E-state index in [1.165, 1.54) is 19.6 Å². The van der Waals surface area contributed by atoms with Crippen LogP contribution in [0.5, 0.6) is 0 Å². The Bertz CT molecular complexity index is 1300. The molecule has 0 fully saturated rings. The highest BCUT2D eigenvalue weighted by atomic mass is 16.5. The second-order valence-corrected chi connectivity index (χ2v) is 10.4. The van der Waals surface area contributed by atoms with E-state index in [1.807, 2.05) is 50.2 Å². The van der Waals surface area contributed by atoms with Gasteiger partial charge >= 0.3 is 11.9 Å². The minimum Gasteiger partial charge on any atom is -0.469 e. The highest BCUT2D eigenvalue weighted by Gasteiger charge is 2.47. The van der Waals surface area contributed by atoms with Gasteiger partial charge in [0, 0.05) is 36.8 Å². The van der Waals surface area contributed by atoms with E-state index in [0.717, 1.165) is 10.5 Å². The molecule has 1 aromatic heterocycles. The maximum absolute atomic E-state index is 13.9. The van der Waals surface area contributed by atoms with E-state index >= 15 is 0 Å². The maximum Gasteiger partial charge on any atom is 0.336 e. The molecule has 2 aromatic carbocycles. The first-order chi connectivity index (χ1) is 19.5. The SMILES string of the molecule is COC(=O)CCN(CC(=O)NCC(C)(C)c1ccccc1)C(=O)[C@@](N)(Cc1cnc[nH]1)C(=O)OCc1ccccc1. The molecule has 11 heteroatoms. The second kappa shape index (κ2) is 14.2. The van der Waals surface area contributed by atoms with Crippen molar-refractivity contribution in [1.29, 1.82) is 0 Å². The summed E-state index contributed by atoms with van der Waals surface area (Å²) in [6.07, 6.45) is 2.37. The Morgan fingerprint density at radius 1 is 1.02 bits per heavy atom. The molecule has 0 bridgehead atoms. The monoisotopic (exact) mass is 563 g/mol. The highest BCUT2D eigenvalue weighted by Crippen LogP contribution is 2.22. The number of ether oxygens (including phenoxy) is 2. The van der Waals surface area contributed by atoms with Gasteiger partial charge in [-0.1, -0.05) is 74.5 Å².